The number of likely N-dealkylation sites (tertiary alicyclic amines) is 1. The predicted molar refractivity (Wildman–Crippen MR) is 118 cm³/mol. The van der Waals surface area contributed by atoms with Gasteiger partial charge < -0.3 is 20.9 Å². The van der Waals surface area contributed by atoms with Crippen molar-refractivity contribution >= 4 is 17.7 Å². The maximum absolute atomic E-state index is 13.4. The first-order valence-corrected chi connectivity index (χ1v) is 11.3. The molecule has 0 bridgehead atoms. The van der Waals surface area contributed by atoms with E-state index in [0.717, 1.165) is 10.5 Å². The minimum Gasteiger partial charge on any atom is -0.343 e. The molecule has 184 valence electrons. The van der Waals surface area contributed by atoms with Crippen molar-refractivity contribution in [1.29, 1.82) is 0 Å². The van der Waals surface area contributed by atoms with E-state index in [2.05, 4.69) is 5.32 Å². The van der Waals surface area contributed by atoms with Crippen LogP contribution in [0.3, 0.4) is 0 Å². The molecule has 0 aliphatic carbocycles. The quantitative estimate of drug-likeness (QED) is 0.580. The molecule has 1 saturated heterocycles. The van der Waals surface area contributed by atoms with E-state index in [4.69, 9.17) is 5.73 Å². The van der Waals surface area contributed by atoms with Crippen molar-refractivity contribution in [3.63, 3.8) is 0 Å². The van der Waals surface area contributed by atoms with E-state index in [1.807, 2.05) is 0 Å². The molecule has 1 fully saturated rings. The maximum Gasteiger partial charge on any atom is 0.471 e. The van der Waals surface area contributed by atoms with Gasteiger partial charge in [-0.05, 0) is 37.2 Å². The van der Waals surface area contributed by atoms with Crippen LogP contribution in [0.5, 0.6) is 0 Å². The Morgan fingerprint density at radius 1 is 1.21 bits per heavy atom. The molecule has 1 aromatic carbocycles. The zero-order valence-corrected chi connectivity index (χ0v) is 19.3. The van der Waals surface area contributed by atoms with Crippen LogP contribution in [0.2, 0.25) is 0 Å². The highest BCUT2D eigenvalue weighted by Gasteiger charge is 2.48. The van der Waals surface area contributed by atoms with E-state index in [-0.39, 0.29) is 31.8 Å². The highest BCUT2D eigenvalue weighted by atomic mass is 19.4. The standard InChI is InChI=1S/C23H33F3N4O3/c1-4-17(27)20(31)28-19(15(2)3)21(32)29-13-8-11-18(29)30(22(33)23(24,25)26)14-12-16-9-6-5-7-10-16/h5-7,9-10,15,17-19H,4,8,11-14,27H2,1-3H3,(H,28,31)/t17-,18+,19-/m0/s1. The summed E-state index contributed by atoms with van der Waals surface area (Å²) in [6, 6.07) is 7.14. The van der Waals surface area contributed by atoms with Crippen molar-refractivity contribution in [3.05, 3.63) is 35.9 Å². The predicted octanol–water partition coefficient (Wildman–Crippen LogP) is 2.45. The third-order valence-electron chi connectivity index (χ3n) is 5.86. The second kappa shape index (κ2) is 11.5. The smallest absolute Gasteiger partial charge is 0.343 e. The summed E-state index contributed by atoms with van der Waals surface area (Å²) in [5, 5.41) is 2.64. The van der Waals surface area contributed by atoms with Gasteiger partial charge in [-0.1, -0.05) is 51.1 Å². The Balaban J connectivity index is 2.27. The first kappa shape index (κ1) is 26.6. The van der Waals surface area contributed by atoms with Gasteiger partial charge in [-0.2, -0.15) is 13.2 Å². The Morgan fingerprint density at radius 2 is 1.85 bits per heavy atom. The molecular weight excluding hydrogens is 437 g/mol. The fourth-order valence-electron chi connectivity index (χ4n) is 3.91. The van der Waals surface area contributed by atoms with Crippen molar-refractivity contribution < 1.29 is 27.6 Å². The molecule has 0 unspecified atom stereocenters. The number of halogens is 3. The molecule has 3 atom stereocenters. The Hall–Kier alpha value is -2.62. The number of nitrogens with two attached hydrogens (primary N) is 1. The average Bonchev–Trinajstić information content (AvgIpc) is 3.25. The molecule has 1 aliphatic rings. The van der Waals surface area contributed by atoms with Crippen LogP contribution < -0.4 is 11.1 Å². The van der Waals surface area contributed by atoms with Crippen LogP contribution in [0.1, 0.15) is 45.6 Å². The minimum atomic E-state index is -5.06. The number of hydrogen-bond donors (Lipinski definition) is 2. The zero-order chi connectivity index (χ0) is 24.8. The molecule has 2 rings (SSSR count). The van der Waals surface area contributed by atoms with Crippen LogP contribution in [0.4, 0.5) is 13.2 Å². The van der Waals surface area contributed by atoms with Crippen LogP contribution in [0.25, 0.3) is 0 Å². The molecule has 33 heavy (non-hydrogen) atoms. The minimum absolute atomic E-state index is 0.184. The topological polar surface area (TPSA) is 95.7 Å². The van der Waals surface area contributed by atoms with Crippen LogP contribution in [-0.2, 0) is 20.8 Å². The highest BCUT2D eigenvalue weighted by Crippen LogP contribution is 2.28. The van der Waals surface area contributed by atoms with Crippen LogP contribution in [0, 0.1) is 5.92 Å². The van der Waals surface area contributed by atoms with Crippen LogP contribution in [0.15, 0.2) is 30.3 Å². The number of hydrogen-bond acceptors (Lipinski definition) is 4. The van der Waals surface area contributed by atoms with Gasteiger partial charge in [0.05, 0.1) is 6.04 Å². The third-order valence-corrected chi connectivity index (χ3v) is 5.86. The van der Waals surface area contributed by atoms with Gasteiger partial charge in [0, 0.05) is 13.1 Å². The van der Waals surface area contributed by atoms with Gasteiger partial charge in [0.2, 0.25) is 11.8 Å². The van der Waals surface area contributed by atoms with E-state index in [1.165, 1.54) is 4.90 Å². The summed E-state index contributed by atoms with van der Waals surface area (Å²) in [5.74, 6) is -3.29. The summed E-state index contributed by atoms with van der Waals surface area (Å²) in [5.41, 5.74) is 6.55. The van der Waals surface area contributed by atoms with Gasteiger partial charge in [-0.25, -0.2) is 0 Å². The summed E-state index contributed by atoms with van der Waals surface area (Å²) in [6.45, 7) is 5.23. The Morgan fingerprint density at radius 3 is 2.39 bits per heavy atom. The fourth-order valence-corrected chi connectivity index (χ4v) is 3.91. The number of rotatable bonds is 9. The average molecular weight is 471 g/mol. The number of alkyl halides is 3. The molecule has 3 amide bonds. The van der Waals surface area contributed by atoms with Crippen molar-refractivity contribution in [2.75, 3.05) is 13.1 Å². The van der Waals surface area contributed by atoms with E-state index >= 15 is 0 Å². The number of amides is 3. The molecule has 3 N–H and O–H groups in total. The van der Waals surface area contributed by atoms with Crippen molar-refractivity contribution in [2.24, 2.45) is 11.7 Å². The first-order valence-electron chi connectivity index (χ1n) is 11.3. The van der Waals surface area contributed by atoms with Crippen molar-refractivity contribution in [2.45, 2.75) is 70.9 Å². The SMILES string of the molecule is CC[C@H](N)C(=O)N[C@H](C(=O)N1CCC[C@H]1N(CCc1ccccc1)C(=O)C(F)(F)F)C(C)C. The number of nitrogens with one attached hydrogen (secondary N) is 1. The van der Waals surface area contributed by atoms with E-state index < -0.39 is 42.1 Å². The lowest BCUT2D eigenvalue weighted by Crippen LogP contribution is -2.59. The molecule has 1 heterocycles. The summed E-state index contributed by atoms with van der Waals surface area (Å²) in [4.78, 5) is 40.0. The summed E-state index contributed by atoms with van der Waals surface area (Å²) in [6.07, 6.45) is -4.81. The largest absolute Gasteiger partial charge is 0.471 e. The second-order valence-corrected chi connectivity index (χ2v) is 8.63. The lowest BCUT2D eigenvalue weighted by molar-refractivity contribution is -0.191. The molecular formula is C23H33F3N4O3. The van der Waals surface area contributed by atoms with Crippen molar-refractivity contribution in [1.82, 2.24) is 15.1 Å². The molecule has 0 radical (unpaired) electrons. The Labute approximate surface area is 192 Å². The number of benzene rings is 1. The van der Waals surface area contributed by atoms with Crippen molar-refractivity contribution in [3.8, 4) is 0 Å². The van der Waals surface area contributed by atoms with Gasteiger partial charge in [-0.15, -0.1) is 0 Å². The number of carbonyl (C=O) groups excluding carboxylic acids is 3. The fraction of sp³-hybridized carbons (Fsp3) is 0.609. The molecule has 1 aliphatic heterocycles. The second-order valence-electron chi connectivity index (χ2n) is 8.63. The summed E-state index contributed by atoms with van der Waals surface area (Å²) < 4.78 is 40.3. The molecule has 0 spiro atoms. The Bertz CT molecular complexity index is 817. The molecule has 10 heteroatoms. The lowest BCUT2D eigenvalue weighted by Gasteiger charge is -2.38. The third kappa shape index (κ3) is 6.93. The number of nitrogens with zero attached hydrogens (tertiary/aromatic N) is 2. The van der Waals surface area contributed by atoms with Gasteiger partial charge in [0.15, 0.2) is 0 Å². The molecule has 0 saturated carbocycles. The highest BCUT2D eigenvalue weighted by molar-refractivity contribution is 5.90. The number of carbonyl (C=O) groups is 3. The summed E-state index contributed by atoms with van der Waals surface area (Å²) in [7, 11) is 0. The monoisotopic (exact) mass is 470 g/mol. The normalized spacial score (nSPS) is 18.2. The van der Waals surface area contributed by atoms with E-state index in [0.29, 0.717) is 12.8 Å². The van der Waals surface area contributed by atoms with Crippen LogP contribution in [-0.4, -0.2) is 65.0 Å². The lowest BCUT2D eigenvalue weighted by atomic mass is 10.0. The first-order chi connectivity index (χ1) is 15.5. The van der Waals surface area contributed by atoms with E-state index in [1.54, 1.807) is 51.1 Å². The zero-order valence-electron chi connectivity index (χ0n) is 19.3. The Kier molecular flexibility index (Phi) is 9.27. The van der Waals surface area contributed by atoms with Gasteiger partial charge in [-0.3, -0.25) is 14.4 Å². The molecule has 7 nitrogen and oxygen atoms in total. The molecule has 0 aromatic heterocycles. The molecule has 1 aromatic rings. The summed E-state index contributed by atoms with van der Waals surface area (Å²) >= 11 is 0. The van der Waals surface area contributed by atoms with Gasteiger partial charge >= 0.3 is 12.1 Å². The van der Waals surface area contributed by atoms with Gasteiger partial charge in [0.25, 0.3) is 0 Å². The van der Waals surface area contributed by atoms with E-state index in [9.17, 15) is 27.6 Å². The van der Waals surface area contributed by atoms with Gasteiger partial charge in [0.1, 0.15) is 12.2 Å². The maximum atomic E-state index is 13.4. The van der Waals surface area contributed by atoms with Crippen LogP contribution >= 0.6 is 0 Å².